The molecule has 0 aliphatic carbocycles. The Morgan fingerprint density at radius 1 is 1.25 bits per heavy atom. The molecule has 0 amide bonds. The van der Waals surface area contributed by atoms with Crippen molar-refractivity contribution in [2.45, 2.75) is 18.6 Å². The van der Waals surface area contributed by atoms with Crippen LogP contribution in [0, 0.1) is 0 Å². The lowest BCUT2D eigenvalue weighted by Gasteiger charge is -2.20. The summed E-state index contributed by atoms with van der Waals surface area (Å²) in [6.45, 7) is 0. The van der Waals surface area contributed by atoms with Crippen LogP contribution in [0.5, 0.6) is 0 Å². The second kappa shape index (κ2) is 8.06. The smallest absolute Gasteiger partial charge is 0.350 e. The summed E-state index contributed by atoms with van der Waals surface area (Å²) in [5, 5.41) is 0. The molecule has 0 rings (SSSR count). The molecular formula is C7H18O3SSi. The van der Waals surface area contributed by atoms with E-state index in [1.54, 1.807) is 21.3 Å². The van der Waals surface area contributed by atoms with Crippen LogP contribution in [0.2, 0.25) is 0 Å². The average molecular weight is 210 g/mol. The molecule has 0 spiro atoms. The van der Waals surface area contributed by atoms with E-state index in [0.29, 0.717) is 0 Å². The van der Waals surface area contributed by atoms with Gasteiger partial charge in [-0.3, -0.25) is 0 Å². The molecule has 0 radical (unpaired) electrons. The monoisotopic (exact) mass is 210 g/mol. The van der Waals surface area contributed by atoms with E-state index in [4.69, 9.17) is 13.6 Å². The lowest BCUT2D eigenvalue weighted by atomic mass is 10.3. The highest BCUT2D eigenvalue weighted by molar-refractivity contribution is 7.80. The van der Waals surface area contributed by atoms with Gasteiger partial charge in [0.1, 0.15) is 0 Å². The Labute approximate surface area is 81.6 Å². The van der Waals surface area contributed by atoms with Gasteiger partial charge >= 0.3 is 9.28 Å². The molecule has 5 heteroatoms. The molecule has 0 aromatic heterocycles. The lowest BCUT2D eigenvalue weighted by molar-refractivity contribution is 0.107. The maximum Gasteiger partial charge on any atom is 0.350 e. The molecule has 0 aliphatic rings. The first-order valence-electron chi connectivity index (χ1n) is 3.99. The van der Waals surface area contributed by atoms with Crippen molar-refractivity contribution in [3.05, 3.63) is 0 Å². The highest BCUT2D eigenvalue weighted by atomic mass is 32.1. The highest BCUT2D eigenvalue weighted by Gasteiger charge is 2.23. The van der Waals surface area contributed by atoms with Crippen LogP contribution in [0.1, 0.15) is 12.8 Å². The largest absolute Gasteiger partial charge is 0.398 e. The third-order valence-corrected chi connectivity index (χ3v) is 4.18. The number of hydrogen-bond acceptors (Lipinski definition) is 4. The molecule has 0 N–H and O–H groups in total. The van der Waals surface area contributed by atoms with Crippen LogP contribution in [0.4, 0.5) is 0 Å². The highest BCUT2D eigenvalue weighted by Crippen LogP contribution is 2.07. The Bertz CT molecular complexity index is 101. The molecule has 0 aliphatic heterocycles. The fourth-order valence-electron chi connectivity index (χ4n) is 1.06. The summed E-state index contributed by atoms with van der Waals surface area (Å²) in [7, 11) is 3.45. The Balaban J connectivity index is 3.75. The predicted octanol–water partition coefficient (Wildman–Crippen LogP) is 0.764. The van der Waals surface area contributed by atoms with Gasteiger partial charge in [-0.25, -0.2) is 0 Å². The van der Waals surface area contributed by atoms with E-state index in [-0.39, 0.29) is 5.73 Å². The van der Waals surface area contributed by atoms with Crippen LogP contribution in [-0.2, 0) is 13.6 Å². The predicted molar refractivity (Wildman–Crippen MR) is 55.1 cm³/mol. The zero-order chi connectivity index (χ0) is 9.40. The van der Waals surface area contributed by atoms with Gasteiger partial charge in [0.15, 0.2) is 0 Å². The molecule has 0 saturated carbocycles. The van der Waals surface area contributed by atoms with E-state index in [1.807, 2.05) is 0 Å². The number of hydrogen-bond donors (Lipinski definition) is 1. The van der Waals surface area contributed by atoms with Gasteiger partial charge in [0.2, 0.25) is 0 Å². The maximum absolute atomic E-state index is 5.27. The first kappa shape index (κ1) is 12.4. The number of ether oxygens (including phenoxy) is 1. The molecule has 1 unspecified atom stereocenters. The van der Waals surface area contributed by atoms with Gasteiger partial charge in [-0.1, -0.05) is 0 Å². The van der Waals surface area contributed by atoms with Crippen LogP contribution in [0.3, 0.4) is 0 Å². The van der Waals surface area contributed by atoms with E-state index in [9.17, 15) is 0 Å². The maximum atomic E-state index is 5.27. The molecule has 0 bridgehead atoms. The van der Waals surface area contributed by atoms with Crippen molar-refractivity contribution in [2.24, 2.45) is 0 Å². The van der Waals surface area contributed by atoms with Crippen molar-refractivity contribution in [1.29, 1.82) is 0 Å². The minimum atomic E-state index is -1.59. The average Bonchev–Trinajstić information content (AvgIpc) is 2.12. The third kappa shape index (κ3) is 4.47. The molecular weight excluding hydrogens is 192 g/mol. The Morgan fingerprint density at radius 2 is 1.83 bits per heavy atom. The van der Waals surface area contributed by atoms with Crippen LogP contribution < -0.4 is 0 Å². The second-order valence-corrected chi connectivity index (χ2v) is 5.35. The molecule has 1 atom stereocenters. The van der Waals surface area contributed by atoms with Crippen molar-refractivity contribution in [1.82, 2.24) is 0 Å². The van der Waals surface area contributed by atoms with Crippen LogP contribution in [0.25, 0.3) is 0 Å². The quantitative estimate of drug-likeness (QED) is 0.497. The second-order valence-electron chi connectivity index (χ2n) is 2.48. The minimum Gasteiger partial charge on any atom is -0.398 e. The molecule has 0 aromatic rings. The van der Waals surface area contributed by atoms with Gasteiger partial charge in [-0.15, -0.1) is 0 Å². The summed E-state index contributed by atoms with van der Waals surface area (Å²) in [4.78, 5) is 0. The zero-order valence-corrected chi connectivity index (χ0v) is 10.00. The summed E-state index contributed by atoms with van der Waals surface area (Å²) >= 11 is 4.14. The molecule has 12 heavy (non-hydrogen) atoms. The number of methoxy groups -OCH3 is 1. The van der Waals surface area contributed by atoms with Gasteiger partial charge in [0, 0.05) is 21.3 Å². The normalized spacial score (nSPS) is 13.8. The van der Waals surface area contributed by atoms with Crippen molar-refractivity contribution in [3.63, 3.8) is 0 Å². The van der Waals surface area contributed by atoms with Crippen LogP contribution in [0.15, 0.2) is 0 Å². The Morgan fingerprint density at radius 3 is 2.17 bits per heavy atom. The van der Waals surface area contributed by atoms with E-state index >= 15 is 0 Å². The SMILES string of the molecule is COC(CCCS)[SiH](OC)OC. The molecule has 0 saturated heterocycles. The van der Waals surface area contributed by atoms with Gasteiger partial charge in [-0.05, 0) is 18.6 Å². The van der Waals surface area contributed by atoms with E-state index in [2.05, 4.69) is 12.6 Å². The first-order chi connectivity index (χ1) is 5.79. The summed E-state index contributed by atoms with van der Waals surface area (Å²) in [6, 6.07) is 0. The molecule has 0 heterocycles. The first-order valence-corrected chi connectivity index (χ1v) is 6.23. The van der Waals surface area contributed by atoms with Gasteiger partial charge in [-0.2, -0.15) is 12.6 Å². The van der Waals surface area contributed by atoms with Crippen molar-refractivity contribution < 1.29 is 13.6 Å². The topological polar surface area (TPSA) is 27.7 Å². The Hall–Kier alpha value is 0.447. The Kier molecular flexibility index (Phi) is 8.36. The fraction of sp³-hybridized carbons (Fsp3) is 1.00. The van der Waals surface area contributed by atoms with Crippen LogP contribution in [-0.4, -0.2) is 42.1 Å². The lowest BCUT2D eigenvalue weighted by Crippen LogP contribution is -2.36. The van der Waals surface area contributed by atoms with Crippen molar-refractivity contribution >= 4 is 21.9 Å². The van der Waals surface area contributed by atoms with E-state index in [0.717, 1.165) is 18.6 Å². The molecule has 0 aromatic carbocycles. The van der Waals surface area contributed by atoms with E-state index in [1.165, 1.54) is 0 Å². The summed E-state index contributed by atoms with van der Waals surface area (Å²) in [6.07, 6.45) is 2.01. The minimum absolute atomic E-state index is 0.146. The summed E-state index contributed by atoms with van der Waals surface area (Å²) in [5.41, 5.74) is 0.146. The number of rotatable bonds is 7. The van der Waals surface area contributed by atoms with Gasteiger partial charge < -0.3 is 13.6 Å². The fourth-order valence-corrected chi connectivity index (χ4v) is 2.77. The van der Waals surface area contributed by atoms with Crippen molar-refractivity contribution in [3.8, 4) is 0 Å². The van der Waals surface area contributed by atoms with Gasteiger partial charge in [0.25, 0.3) is 0 Å². The summed E-state index contributed by atoms with van der Waals surface area (Å²) in [5.74, 6) is 0.883. The third-order valence-electron chi connectivity index (χ3n) is 1.72. The number of thiol groups is 1. The van der Waals surface area contributed by atoms with Crippen LogP contribution >= 0.6 is 12.6 Å². The molecule has 3 nitrogen and oxygen atoms in total. The summed E-state index contributed by atoms with van der Waals surface area (Å²) < 4.78 is 15.7. The van der Waals surface area contributed by atoms with Gasteiger partial charge in [0.05, 0.1) is 5.73 Å². The molecule has 74 valence electrons. The standard InChI is InChI=1S/C7H18O3SSi/c1-8-7(5-4-6-11)12(9-2)10-3/h7,11-12H,4-6H2,1-3H3. The van der Waals surface area contributed by atoms with E-state index < -0.39 is 9.28 Å². The molecule has 0 fully saturated rings. The zero-order valence-electron chi connectivity index (χ0n) is 7.95. The van der Waals surface area contributed by atoms with Crippen molar-refractivity contribution in [2.75, 3.05) is 27.1 Å².